The van der Waals surface area contributed by atoms with Crippen molar-refractivity contribution in [2.45, 2.75) is 19.8 Å². The molecule has 0 unspecified atom stereocenters. The SMILES string of the molecule is CCOC(=O)c1cnc(Cc2ccccc2)nc1C(F)F. The number of nitrogens with zero attached hydrogens (tertiary/aromatic N) is 2. The van der Waals surface area contributed by atoms with Gasteiger partial charge in [0.25, 0.3) is 6.43 Å². The van der Waals surface area contributed by atoms with Crippen molar-refractivity contribution in [3.63, 3.8) is 0 Å². The van der Waals surface area contributed by atoms with E-state index in [4.69, 9.17) is 4.74 Å². The van der Waals surface area contributed by atoms with E-state index >= 15 is 0 Å². The van der Waals surface area contributed by atoms with E-state index in [9.17, 15) is 13.6 Å². The zero-order valence-electron chi connectivity index (χ0n) is 11.4. The number of alkyl halides is 2. The number of carbonyl (C=O) groups excluding carboxylic acids is 1. The van der Waals surface area contributed by atoms with Crippen LogP contribution in [0.3, 0.4) is 0 Å². The van der Waals surface area contributed by atoms with Crippen molar-refractivity contribution in [2.24, 2.45) is 0 Å². The summed E-state index contributed by atoms with van der Waals surface area (Å²) in [5.74, 6) is -0.594. The topological polar surface area (TPSA) is 52.1 Å². The molecule has 1 heterocycles. The molecule has 110 valence electrons. The second kappa shape index (κ2) is 6.88. The van der Waals surface area contributed by atoms with Crippen LogP contribution < -0.4 is 0 Å². The molecule has 0 atom stereocenters. The highest BCUT2D eigenvalue weighted by atomic mass is 19.3. The molecule has 0 saturated heterocycles. The van der Waals surface area contributed by atoms with E-state index in [1.165, 1.54) is 0 Å². The molecule has 1 aromatic carbocycles. The lowest BCUT2D eigenvalue weighted by Gasteiger charge is -2.09. The first-order valence-electron chi connectivity index (χ1n) is 6.46. The van der Waals surface area contributed by atoms with Crippen LogP contribution in [-0.4, -0.2) is 22.5 Å². The van der Waals surface area contributed by atoms with E-state index in [2.05, 4.69) is 9.97 Å². The van der Waals surface area contributed by atoms with Crippen molar-refractivity contribution >= 4 is 5.97 Å². The Morgan fingerprint density at radius 2 is 2.00 bits per heavy atom. The summed E-state index contributed by atoms with van der Waals surface area (Å²) < 4.78 is 30.8. The van der Waals surface area contributed by atoms with Gasteiger partial charge in [-0.2, -0.15) is 0 Å². The van der Waals surface area contributed by atoms with Gasteiger partial charge < -0.3 is 4.74 Å². The van der Waals surface area contributed by atoms with E-state index in [-0.39, 0.29) is 18.0 Å². The third-order valence-corrected chi connectivity index (χ3v) is 2.78. The highest BCUT2D eigenvalue weighted by Crippen LogP contribution is 2.21. The van der Waals surface area contributed by atoms with Crippen LogP contribution in [0.1, 0.15) is 40.8 Å². The van der Waals surface area contributed by atoms with Crippen LogP contribution >= 0.6 is 0 Å². The summed E-state index contributed by atoms with van der Waals surface area (Å²) in [5, 5.41) is 0. The number of carbonyl (C=O) groups is 1. The molecule has 4 nitrogen and oxygen atoms in total. The Kier molecular flexibility index (Phi) is 4.92. The van der Waals surface area contributed by atoms with Gasteiger partial charge in [-0.1, -0.05) is 30.3 Å². The predicted molar refractivity (Wildman–Crippen MR) is 72.2 cm³/mol. The van der Waals surface area contributed by atoms with Crippen molar-refractivity contribution in [3.8, 4) is 0 Å². The van der Waals surface area contributed by atoms with Crippen molar-refractivity contribution in [1.82, 2.24) is 9.97 Å². The first-order valence-corrected chi connectivity index (χ1v) is 6.46. The van der Waals surface area contributed by atoms with Crippen LogP contribution in [0.4, 0.5) is 8.78 Å². The monoisotopic (exact) mass is 292 g/mol. The van der Waals surface area contributed by atoms with Gasteiger partial charge in [0.1, 0.15) is 17.1 Å². The summed E-state index contributed by atoms with van der Waals surface area (Å²) in [6.45, 7) is 1.71. The second-order valence-corrected chi connectivity index (χ2v) is 4.27. The lowest BCUT2D eigenvalue weighted by Crippen LogP contribution is -2.13. The summed E-state index contributed by atoms with van der Waals surface area (Å²) >= 11 is 0. The molecule has 0 bridgehead atoms. The zero-order valence-corrected chi connectivity index (χ0v) is 11.4. The first-order chi connectivity index (χ1) is 10.1. The highest BCUT2D eigenvalue weighted by Gasteiger charge is 2.22. The summed E-state index contributed by atoms with van der Waals surface area (Å²) in [6, 6.07) is 9.25. The van der Waals surface area contributed by atoms with Crippen LogP contribution in [0.5, 0.6) is 0 Å². The van der Waals surface area contributed by atoms with E-state index in [1.807, 2.05) is 30.3 Å². The van der Waals surface area contributed by atoms with E-state index in [0.717, 1.165) is 11.8 Å². The minimum absolute atomic E-state index is 0.104. The lowest BCUT2D eigenvalue weighted by atomic mass is 10.1. The predicted octanol–water partition coefficient (Wildman–Crippen LogP) is 3.18. The van der Waals surface area contributed by atoms with Crippen molar-refractivity contribution < 1.29 is 18.3 Å². The first kappa shape index (κ1) is 15.0. The summed E-state index contributed by atoms with van der Waals surface area (Å²) in [4.78, 5) is 19.4. The van der Waals surface area contributed by atoms with E-state index in [1.54, 1.807) is 6.92 Å². The number of benzene rings is 1. The summed E-state index contributed by atoms with van der Waals surface area (Å²) in [7, 11) is 0. The van der Waals surface area contributed by atoms with Crippen LogP contribution in [-0.2, 0) is 11.2 Å². The quantitative estimate of drug-likeness (QED) is 0.794. The Morgan fingerprint density at radius 1 is 1.29 bits per heavy atom. The van der Waals surface area contributed by atoms with Crippen LogP contribution in [0.2, 0.25) is 0 Å². The molecular formula is C15H14F2N2O2. The van der Waals surface area contributed by atoms with Gasteiger partial charge in [-0.3, -0.25) is 0 Å². The third kappa shape index (κ3) is 3.81. The van der Waals surface area contributed by atoms with Crippen molar-refractivity contribution in [3.05, 3.63) is 59.2 Å². The number of hydrogen-bond donors (Lipinski definition) is 0. The Hall–Kier alpha value is -2.37. The van der Waals surface area contributed by atoms with Crippen LogP contribution in [0, 0.1) is 0 Å². The fraction of sp³-hybridized carbons (Fsp3) is 0.267. The number of ether oxygens (including phenoxy) is 1. The molecule has 0 aliphatic rings. The normalized spacial score (nSPS) is 10.7. The van der Waals surface area contributed by atoms with Crippen LogP contribution in [0.15, 0.2) is 36.5 Å². The molecular weight excluding hydrogens is 278 g/mol. The molecule has 0 spiro atoms. The molecule has 0 N–H and O–H groups in total. The second-order valence-electron chi connectivity index (χ2n) is 4.27. The molecule has 0 aliphatic carbocycles. The fourth-order valence-corrected chi connectivity index (χ4v) is 1.83. The van der Waals surface area contributed by atoms with E-state index < -0.39 is 18.1 Å². The molecule has 1 aromatic heterocycles. The summed E-state index contributed by atoms with van der Waals surface area (Å²) in [6.07, 6.45) is -1.43. The number of hydrogen-bond acceptors (Lipinski definition) is 4. The van der Waals surface area contributed by atoms with Gasteiger partial charge in [-0.25, -0.2) is 23.5 Å². The third-order valence-electron chi connectivity index (χ3n) is 2.78. The molecule has 2 rings (SSSR count). The van der Waals surface area contributed by atoms with E-state index in [0.29, 0.717) is 6.42 Å². The summed E-state index contributed by atoms with van der Waals surface area (Å²) in [5.41, 5.74) is 0.0274. The molecule has 6 heteroatoms. The van der Waals surface area contributed by atoms with Crippen molar-refractivity contribution in [2.75, 3.05) is 6.61 Å². The number of halogens is 2. The average molecular weight is 292 g/mol. The fourth-order valence-electron chi connectivity index (χ4n) is 1.83. The maximum absolute atomic E-state index is 13.0. The Bertz CT molecular complexity index is 618. The minimum Gasteiger partial charge on any atom is -0.462 e. The van der Waals surface area contributed by atoms with Crippen LogP contribution in [0.25, 0.3) is 0 Å². The lowest BCUT2D eigenvalue weighted by molar-refractivity contribution is 0.0512. The standard InChI is InChI=1S/C15H14F2N2O2/c1-2-21-15(20)11-9-18-12(19-13(11)14(16)17)8-10-6-4-3-5-7-10/h3-7,9,14H,2,8H2,1H3. The number of aromatic nitrogens is 2. The highest BCUT2D eigenvalue weighted by molar-refractivity contribution is 5.90. The van der Waals surface area contributed by atoms with Gasteiger partial charge >= 0.3 is 5.97 Å². The molecule has 0 aliphatic heterocycles. The van der Waals surface area contributed by atoms with Gasteiger partial charge in [0.05, 0.1) is 6.61 Å². The van der Waals surface area contributed by atoms with Gasteiger partial charge in [0.2, 0.25) is 0 Å². The maximum atomic E-state index is 13.0. The van der Waals surface area contributed by atoms with Crippen molar-refractivity contribution in [1.29, 1.82) is 0 Å². The van der Waals surface area contributed by atoms with Gasteiger partial charge in [0.15, 0.2) is 0 Å². The molecule has 2 aromatic rings. The largest absolute Gasteiger partial charge is 0.462 e. The van der Waals surface area contributed by atoms with Gasteiger partial charge in [-0.15, -0.1) is 0 Å². The molecule has 21 heavy (non-hydrogen) atoms. The minimum atomic E-state index is -2.86. The molecule has 0 amide bonds. The zero-order chi connectivity index (χ0) is 15.2. The van der Waals surface area contributed by atoms with Gasteiger partial charge in [-0.05, 0) is 12.5 Å². The number of rotatable bonds is 5. The molecule has 0 fully saturated rings. The average Bonchev–Trinajstić information content (AvgIpc) is 2.48. The Morgan fingerprint density at radius 3 is 2.62 bits per heavy atom. The molecule has 0 radical (unpaired) electrons. The maximum Gasteiger partial charge on any atom is 0.341 e. The number of esters is 1. The van der Waals surface area contributed by atoms with Gasteiger partial charge in [0, 0.05) is 12.6 Å². The Labute approximate surface area is 120 Å². The Balaban J connectivity index is 2.30. The molecule has 0 saturated carbocycles. The smallest absolute Gasteiger partial charge is 0.341 e.